The van der Waals surface area contributed by atoms with Gasteiger partial charge in [-0.3, -0.25) is 4.79 Å². The van der Waals surface area contributed by atoms with Crippen molar-refractivity contribution in [3.63, 3.8) is 0 Å². The fourth-order valence-corrected chi connectivity index (χ4v) is 4.28. The molecule has 0 fully saturated rings. The molecule has 1 N–H and O–H groups in total. The highest BCUT2D eigenvalue weighted by Crippen LogP contribution is 2.36. The summed E-state index contributed by atoms with van der Waals surface area (Å²) in [6.07, 6.45) is -4.67. The Balaban J connectivity index is 1.75. The van der Waals surface area contributed by atoms with Crippen molar-refractivity contribution in [3.05, 3.63) is 46.6 Å². The van der Waals surface area contributed by atoms with Crippen LogP contribution >= 0.6 is 23.1 Å². The van der Waals surface area contributed by atoms with Gasteiger partial charge in [0.25, 0.3) is 0 Å². The molecule has 0 saturated heterocycles. The number of fused-ring (bicyclic) bond motifs is 1. The summed E-state index contributed by atoms with van der Waals surface area (Å²) < 4.78 is 40.3. The lowest BCUT2D eigenvalue weighted by Crippen LogP contribution is -2.15. The molecule has 1 aromatic carbocycles. The topological polar surface area (TPSA) is 78.7 Å². The zero-order chi connectivity index (χ0) is 20.5. The monoisotopic (exact) mass is 422 g/mol. The Kier molecular flexibility index (Phi) is 5.58. The average molecular weight is 422 g/mol. The number of hydrogen-bond acceptors (Lipinski definition) is 6. The van der Waals surface area contributed by atoms with Gasteiger partial charge in [-0.15, -0.1) is 0 Å². The number of hydrogen-bond donors (Lipinski definition) is 1. The van der Waals surface area contributed by atoms with Crippen LogP contribution in [0.25, 0.3) is 10.2 Å². The molecule has 10 heteroatoms. The van der Waals surface area contributed by atoms with Crippen LogP contribution in [0, 0.1) is 25.2 Å². The normalized spacial score (nSPS) is 11.4. The first-order valence-electron chi connectivity index (χ1n) is 7.96. The quantitative estimate of drug-likeness (QED) is 0.603. The third kappa shape index (κ3) is 4.43. The van der Waals surface area contributed by atoms with E-state index in [0.717, 1.165) is 33.6 Å². The number of thioether (sulfide) groups is 1. The molecule has 0 unspecified atom stereocenters. The van der Waals surface area contributed by atoms with Crippen molar-refractivity contribution >= 4 is 44.4 Å². The van der Waals surface area contributed by atoms with Gasteiger partial charge < -0.3 is 5.32 Å². The lowest BCUT2D eigenvalue weighted by Gasteiger charge is -2.12. The zero-order valence-corrected chi connectivity index (χ0v) is 16.3. The van der Waals surface area contributed by atoms with E-state index in [1.165, 1.54) is 18.3 Å². The highest BCUT2D eigenvalue weighted by Gasteiger charge is 2.35. The third-order valence-corrected chi connectivity index (χ3v) is 5.57. The number of halogens is 3. The minimum atomic E-state index is -4.67. The van der Waals surface area contributed by atoms with Gasteiger partial charge in [0.2, 0.25) is 5.91 Å². The number of benzene rings is 1. The summed E-state index contributed by atoms with van der Waals surface area (Å²) in [5, 5.41) is 12.1. The van der Waals surface area contributed by atoms with E-state index in [-0.39, 0.29) is 16.5 Å². The number of aryl methyl sites for hydroxylation is 2. The van der Waals surface area contributed by atoms with E-state index < -0.39 is 23.2 Å². The number of nitriles is 1. The molecule has 0 aliphatic rings. The zero-order valence-electron chi connectivity index (χ0n) is 14.7. The number of nitrogens with zero attached hydrogens (tertiary/aromatic N) is 3. The Morgan fingerprint density at radius 2 is 2.04 bits per heavy atom. The van der Waals surface area contributed by atoms with E-state index in [1.54, 1.807) is 6.07 Å². The summed E-state index contributed by atoms with van der Waals surface area (Å²) >= 11 is 2.09. The molecule has 0 spiro atoms. The molecule has 3 rings (SSSR count). The van der Waals surface area contributed by atoms with Gasteiger partial charge in [-0.05, 0) is 37.6 Å². The average Bonchev–Trinajstić information content (AvgIpc) is 2.99. The number of rotatable bonds is 4. The Hall–Kier alpha value is -2.64. The molecule has 1 amide bonds. The predicted molar refractivity (Wildman–Crippen MR) is 102 cm³/mol. The molecule has 0 bridgehead atoms. The summed E-state index contributed by atoms with van der Waals surface area (Å²) in [6, 6.07) is 8.08. The molecule has 5 nitrogen and oxygen atoms in total. The van der Waals surface area contributed by atoms with Crippen LogP contribution in [0.15, 0.2) is 29.3 Å². The fourth-order valence-electron chi connectivity index (χ4n) is 2.46. The first-order valence-corrected chi connectivity index (χ1v) is 9.76. The number of alkyl halides is 3. The molecule has 2 heterocycles. The van der Waals surface area contributed by atoms with Gasteiger partial charge in [0.1, 0.15) is 11.1 Å². The second-order valence-corrected chi connectivity index (χ2v) is 7.92. The van der Waals surface area contributed by atoms with Crippen LogP contribution in [0.4, 0.5) is 18.3 Å². The maximum atomic E-state index is 13.1. The largest absolute Gasteiger partial charge is 0.417 e. The first kappa shape index (κ1) is 20.1. The lowest BCUT2D eigenvalue weighted by molar-refractivity contribution is -0.138. The van der Waals surface area contributed by atoms with Gasteiger partial charge in [-0.1, -0.05) is 29.2 Å². The van der Waals surface area contributed by atoms with Crippen molar-refractivity contribution in [1.82, 2.24) is 9.97 Å². The molecule has 3 aromatic rings. The van der Waals surface area contributed by atoms with E-state index >= 15 is 0 Å². The van der Waals surface area contributed by atoms with Crippen LogP contribution in [0.1, 0.15) is 22.4 Å². The Bertz CT molecular complexity index is 1100. The van der Waals surface area contributed by atoms with Gasteiger partial charge >= 0.3 is 6.18 Å². The molecule has 0 saturated carbocycles. The predicted octanol–water partition coefficient (Wildman–Crippen LogP) is 4.93. The molecule has 28 heavy (non-hydrogen) atoms. The van der Waals surface area contributed by atoms with E-state index in [4.69, 9.17) is 5.26 Å². The smallest absolute Gasteiger partial charge is 0.301 e. The number of pyridine rings is 1. The molecule has 144 valence electrons. The van der Waals surface area contributed by atoms with Crippen molar-refractivity contribution in [2.45, 2.75) is 25.0 Å². The van der Waals surface area contributed by atoms with Crippen molar-refractivity contribution < 1.29 is 18.0 Å². The van der Waals surface area contributed by atoms with Crippen LogP contribution in [-0.2, 0) is 11.0 Å². The molecule has 0 aliphatic heterocycles. The number of carbonyl (C=O) groups is 1. The van der Waals surface area contributed by atoms with Crippen LogP contribution in [0.3, 0.4) is 0 Å². The second-order valence-electron chi connectivity index (χ2n) is 5.93. The van der Waals surface area contributed by atoms with E-state index in [9.17, 15) is 18.0 Å². The van der Waals surface area contributed by atoms with Gasteiger partial charge in [0.15, 0.2) is 5.13 Å². The van der Waals surface area contributed by atoms with Crippen LogP contribution in [0.5, 0.6) is 0 Å². The number of anilines is 1. The lowest BCUT2D eigenvalue weighted by atomic mass is 10.1. The van der Waals surface area contributed by atoms with Crippen molar-refractivity contribution in [1.29, 1.82) is 5.26 Å². The van der Waals surface area contributed by atoms with E-state index in [2.05, 4.69) is 15.3 Å². The van der Waals surface area contributed by atoms with Gasteiger partial charge in [-0.25, -0.2) is 9.97 Å². The standard InChI is InChI=1S/C18H13F3N4OS2/c1-9-3-4-13-14(5-9)28-17(24-13)25-15(26)8-27-16-11(7-22)12(18(19,20)21)6-10(2)23-16/h3-6H,8H2,1-2H3,(H,24,25,26). The number of thiazole rings is 1. The van der Waals surface area contributed by atoms with E-state index in [0.29, 0.717) is 5.13 Å². The summed E-state index contributed by atoms with van der Waals surface area (Å²) in [4.78, 5) is 20.5. The summed E-state index contributed by atoms with van der Waals surface area (Å²) in [5.74, 6) is -0.640. The van der Waals surface area contributed by atoms with Crippen molar-refractivity contribution in [2.24, 2.45) is 0 Å². The maximum Gasteiger partial charge on any atom is 0.417 e. The van der Waals surface area contributed by atoms with Crippen LogP contribution in [-0.4, -0.2) is 21.6 Å². The highest BCUT2D eigenvalue weighted by atomic mass is 32.2. The molecule has 0 aliphatic carbocycles. The minimum absolute atomic E-state index is 0.120. The van der Waals surface area contributed by atoms with Gasteiger partial charge in [0.05, 0.1) is 27.1 Å². The van der Waals surface area contributed by atoms with E-state index in [1.807, 2.05) is 25.1 Å². The highest BCUT2D eigenvalue weighted by molar-refractivity contribution is 8.00. The number of aromatic nitrogens is 2. The Labute approximate surface area is 166 Å². The van der Waals surface area contributed by atoms with Gasteiger partial charge in [-0.2, -0.15) is 18.4 Å². The molecule has 0 radical (unpaired) electrons. The summed E-state index contributed by atoms with van der Waals surface area (Å²) in [7, 11) is 0. The summed E-state index contributed by atoms with van der Waals surface area (Å²) in [6.45, 7) is 3.36. The van der Waals surface area contributed by atoms with Gasteiger partial charge in [0, 0.05) is 5.69 Å². The maximum absolute atomic E-state index is 13.1. The van der Waals surface area contributed by atoms with Crippen LogP contribution in [0.2, 0.25) is 0 Å². The third-order valence-electron chi connectivity index (χ3n) is 3.66. The first-order chi connectivity index (χ1) is 13.2. The fraction of sp³-hybridized carbons (Fsp3) is 0.222. The summed E-state index contributed by atoms with van der Waals surface area (Å²) in [5.41, 5.74) is 0.314. The number of carbonyl (C=O) groups excluding carboxylic acids is 1. The molecular weight excluding hydrogens is 409 g/mol. The Morgan fingerprint density at radius 1 is 1.29 bits per heavy atom. The molecule has 0 atom stereocenters. The number of amides is 1. The Morgan fingerprint density at radius 3 is 2.71 bits per heavy atom. The minimum Gasteiger partial charge on any atom is -0.301 e. The second kappa shape index (κ2) is 7.77. The molecule has 2 aromatic heterocycles. The molecular formula is C18H13F3N4OS2. The van der Waals surface area contributed by atoms with Crippen molar-refractivity contribution in [2.75, 3.05) is 11.1 Å². The number of nitrogens with one attached hydrogen (secondary N) is 1. The van der Waals surface area contributed by atoms with Crippen molar-refractivity contribution in [3.8, 4) is 6.07 Å². The SMILES string of the molecule is Cc1ccc2nc(NC(=O)CSc3nc(C)cc(C(F)(F)F)c3C#N)sc2c1. The van der Waals surface area contributed by atoms with Crippen LogP contribution < -0.4 is 5.32 Å².